The highest BCUT2D eigenvalue weighted by molar-refractivity contribution is 5.77. The van der Waals surface area contributed by atoms with Crippen LogP contribution in [0.3, 0.4) is 0 Å². The van der Waals surface area contributed by atoms with Crippen LogP contribution < -0.4 is 5.32 Å². The van der Waals surface area contributed by atoms with Gasteiger partial charge in [-0.2, -0.15) is 0 Å². The van der Waals surface area contributed by atoms with Crippen molar-refractivity contribution in [3.8, 4) is 0 Å². The molecule has 0 saturated carbocycles. The molecular weight excluding hydrogens is 220 g/mol. The van der Waals surface area contributed by atoms with E-state index in [4.69, 9.17) is 9.47 Å². The van der Waals surface area contributed by atoms with Gasteiger partial charge in [0.05, 0.1) is 19.3 Å². The van der Waals surface area contributed by atoms with Gasteiger partial charge in [-0.05, 0) is 19.4 Å². The van der Waals surface area contributed by atoms with Gasteiger partial charge in [-0.15, -0.1) is 0 Å². The molecule has 5 nitrogen and oxygen atoms in total. The van der Waals surface area contributed by atoms with Crippen molar-refractivity contribution >= 4 is 5.91 Å². The summed E-state index contributed by atoms with van der Waals surface area (Å²) in [5.41, 5.74) is 0. The second-order valence-electron chi connectivity index (χ2n) is 4.79. The molecule has 0 aromatic carbocycles. The first kappa shape index (κ1) is 12.8. The van der Waals surface area contributed by atoms with Gasteiger partial charge in [-0.1, -0.05) is 0 Å². The lowest BCUT2D eigenvalue weighted by Gasteiger charge is -2.33. The van der Waals surface area contributed by atoms with Crippen molar-refractivity contribution in [2.24, 2.45) is 0 Å². The first-order valence-electron chi connectivity index (χ1n) is 6.41. The molecule has 0 aromatic rings. The number of methoxy groups -OCH3 is 1. The standard InChI is InChI=1S/C12H22N2O3/c1-16-9-11-8-14(5-6-17-11)12(15)7-10-3-2-4-13-10/h10-11,13H,2-9H2,1H3. The van der Waals surface area contributed by atoms with Crippen molar-refractivity contribution in [1.82, 2.24) is 10.2 Å². The number of hydrogen-bond acceptors (Lipinski definition) is 4. The molecule has 2 fully saturated rings. The summed E-state index contributed by atoms with van der Waals surface area (Å²) in [6, 6.07) is 0.381. The van der Waals surface area contributed by atoms with Gasteiger partial charge in [-0.25, -0.2) is 0 Å². The molecule has 0 aliphatic carbocycles. The fourth-order valence-corrected chi connectivity index (χ4v) is 2.50. The molecule has 98 valence electrons. The highest BCUT2D eigenvalue weighted by atomic mass is 16.5. The second kappa shape index (κ2) is 6.33. The van der Waals surface area contributed by atoms with Gasteiger partial charge >= 0.3 is 0 Å². The molecule has 2 unspecified atom stereocenters. The fourth-order valence-electron chi connectivity index (χ4n) is 2.50. The Kier molecular flexibility index (Phi) is 4.76. The van der Waals surface area contributed by atoms with E-state index in [1.54, 1.807) is 7.11 Å². The van der Waals surface area contributed by atoms with E-state index >= 15 is 0 Å². The van der Waals surface area contributed by atoms with Crippen LogP contribution in [0.5, 0.6) is 0 Å². The van der Waals surface area contributed by atoms with Crippen LogP contribution in [0, 0.1) is 0 Å². The number of carbonyl (C=O) groups excluding carboxylic acids is 1. The number of hydrogen-bond donors (Lipinski definition) is 1. The summed E-state index contributed by atoms with van der Waals surface area (Å²) in [5.74, 6) is 0.244. The Labute approximate surface area is 102 Å². The van der Waals surface area contributed by atoms with E-state index < -0.39 is 0 Å². The fraction of sp³-hybridized carbons (Fsp3) is 0.917. The molecule has 0 spiro atoms. The van der Waals surface area contributed by atoms with Gasteiger partial charge in [0.15, 0.2) is 0 Å². The van der Waals surface area contributed by atoms with E-state index in [-0.39, 0.29) is 12.0 Å². The monoisotopic (exact) mass is 242 g/mol. The van der Waals surface area contributed by atoms with Crippen molar-refractivity contribution in [3.05, 3.63) is 0 Å². The molecule has 2 heterocycles. The molecule has 2 rings (SSSR count). The largest absolute Gasteiger partial charge is 0.382 e. The predicted octanol–water partition coefficient (Wildman–Crippen LogP) is 0.00230. The van der Waals surface area contributed by atoms with E-state index in [0.717, 1.165) is 13.0 Å². The summed E-state index contributed by atoms with van der Waals surface area (Å²) in [7, 11) is 1.66. The Balaban J connectivity index is 1.77. The number of ether oxygens (including phenoxy) is 2. The molecule has 1 N–H and O–H groups in total. The second-order valence-corrected chi connectivity index (χ2v) is 4.79. The van der Waals surface area contributed by atoms with Crippen molar-refractivity contribution in [2.75, 3.05) is 40.0 Å². The summed E-state index contributed by atoms with van der Waals surface area (Å²) >= 11 is 0. The third kappa shape index (κ3) is 3.66. The molecule has 1 amide bonds. The molecular formula is C12H22N2O3. The van der Waals surface area contributed by atoms with Crippen molar-refractivity contribution < 1.29 is 14.3 Å². The van der Waals surface area contributed by atoms with Crippen LogP contribution in [-0.4, -0.2) is 62.9 Å². The van der Waals surface area contributed by atoms with Crippen molar-refractivity contribution in [2.45, 2.75) is 31.4 Å². The summed E-state index contributed by atoms with van der Waals surface area (Å²) in [6.07, 6.45) is 2.97. The van der Waals surface area contributed by atoms with Crippen LogP contribution in [0.1, 0.15) is 19.3 Å². The maximum Gasteiger partial charge on any atom is 0.224 e. The Morgan fingerprint density at radius 1 is 1.59 bits per heavy atom. The third-order valence-electron chi connectivity index (χ3n) is 3.43. The van der Waals surface area contributed by atoms with Gasteiger partial charge in [0.2, 0.25) is 5.91 Å². The summed E-state index contributed by atoms with van der Waals surface area (Å²) in [4.78, 5) is 14.0. The Morgan fingerprint density at radius 3 is 3.18 bits per heavy atom. The molecule has 17 heavy (non-hydrogen) atoms. The molecule has 2 atom stereocenters. The van der Waals surface area contributed by atoms with Gasteiger partial charge < -0.3 is 19.7 Å². The van der Waals surface area contributed by atoms with E-state index in [2.05, 4.69) is 5.32 Å². The summed E-state index contributed by atoms with van der Waals surface area (Å²) in [5, 5.41) is 3.36. The first-order chi connectivity index (χ1) is 8.29. The minimum Gasteiger partial charge on any atom is -0.382 e. The number of morpholine rings is 1. The van der Waals surface area contributed by atoms with Crippen LogP contribution in [0.2, 0.25) is 0 Å². The number of nitrogens with one attached hydrogen (secondary N) is 1. The first-order valence-corrected chi connectivity index (χ1v) is 6.41. The van der Waals surface area contributed by atoms with E-state index in [1.807, 2.05) is 4.90 Å². The van der Waals surface area contributed by atoms with Gasteiger partial charge in [0.1, 0.15) is 0 Å². The predicted molar refractivity (Wildman–Crippen MR) is 63.8 cm³/mol. The van der Waals surface area contributed by atoms with Crippen LogP contribution in [0.15, 0.2) is 0 Å². The zero-order valence-corrected chi connectivity index (χ0v) is 10.5. The lowest BCUT2D eigenvalue weighted by Crippen LogP contribution is -2.48. The molecule has 0 bridgehead atoms. The number of carbonyl (C=O) groups is 1. The average Bonchev–Trinajstić information content (AvgIpc) is 2.83. The molecule has 2 aliphatic rings. The van der Waals surface area contributed by atoms with Crippen LogP contribution in [0.4, 0.5) is 0 Å². The van der Waals surface area contributed by atoms with Crippen LogP contribution >= 0.6 is 0 Å². The summed E-state index contributed by atoms with van der Waals surface area (Å²) < 4.78 is 10.6. The normalized spacial score (nSPS) is 29.6. The van der Waals surface area contributed by atoms with Gasteiger partial charge in [0, 0.05) is 32.7 Å². The Bertz CT molecular complexity index is 252. The molecule has 2 aliphatic heterocycles. The minimum atomic E-state index is 0.0363. The molecule has 2 saturated heterocycles. The lowest BCUT2D eigenvalue weighted by molar-refractivity contribution is -0.141. The SMILES string of the molecule is COCC1CN(C(=O)CC2CCCN2)CCO1. The topological polar surface area (TPSA) is 50.8 Å². The zero-order chi connectivity index (χ0) is 12.1. The number of amides is 1. The van der Waals surface area contributed by atoms with Crippen molar-refractivity contribution in [3.63, 3.8) is 0 Å². The number of rotatable bonds is 4. The smallest absolute Gasteiger partial charge is 0.224 e. The van der Waals surface area contributed by atoms with Gasteiger partial charge in [-0.3, -0.25) is 4.79 Å². The van der Waals surface area contributed by atoms with E-state index in [1.165, 1.54) is 6.42 Å². The van der Waals surface area contributed by atoms with Crippen LogP contribution in [-0.2, 0) is 14.3 Å². The molecule has 5 heteroatoms. The maximum absolute atomic E-state index is 12.1. The average molecular weight is 242 g/mol. The van der Waals surface area contributed by atoms with E-state index in [0.29, 0.717) is 38.8 Å². The lowest BCUT2D eigenvalue weighted by atomic mass is 10.1. The highest BCUT2D eigenvalue weighted by Gasteiger charge is 2.26. The quantitative estimate of drug-likeness (QED) is 0.754. The van der Waals surface area contributed by atoms with E-state index in [9.17, 15) is 4.79 Å². The molecule has 0 aromatic heterocycles. The van der Waals surface area contributed by atoms with Crippen molar-refractivity contribution in [1.29, 1.82) is 0 Å². The molecule has 0 radical (unpaired) electrons. The highest BCUT2D eigenvalue weighted by Crippen LogP contribution is 2.13. The number of nitrogens with zero attached hydrogens (tertiary/aromatic N) is 1. The minimum absolute atomic E-state index is 0.0363. The third-order valence-corrected chi connectivity index (χ3v) is 3.43. The Morgan fingerprint density at radius 2 is 2.47 bits per heavy atom. The summed E-state index contributed by atoms with van der Waals surface area (Å²) in [6.45, 7) is 3.61. The Hall–Kier alpha value is -0.650. The zero-order valence-electron chi connectivity index (χ0n) is 10.5. The van der Waals surface area contributed by atoms with Gasteiger partial charge in [0.25, 0.3) is 0 Å². The maximum atomic E-state index is 12.1. The van der Waals surface area contributed by atoms with Crippen LogP contribution in [0.25, 0.3) is 0 Å².